The summed E-state index contributed by atoms with van der Waals surface area (Å²) in [5.74, 6) is -3.67. The summed E-state index contributed by atoms with van der Waals surface area (Å²) in [6, 6.07) is 6.42. The van der Waals surface area contributed by atoms with Crippen molar-refractivity contribution in [3.05, 3.63) is 53.1 Å². The monoisotopic (exact) mass is 516 g/mol. The number of hydrogen-bond donors (Lipinski definition) is 2. The number of carboxylic acids is 1. The molecule has 0 radical (unpaired) electrons. The van der Waals surface area contributed by atoms with E-state index in [9.17, 15) is 28.3 Å². The predicted molar refractivity (Wildman–Crippen MR) is 133 cm³/mol. The van der Waals surface area contributed by atoms with Crippen LogP contribution in [0.15, 0.2) is 30.3 Å². The number of carboxylic acid groups (broad SMARTS) is 1. The van der Waals surface area contributed by atoms with Crippen LogP contribution in [-0.2, 0) is 20.8 Å². The van der Waals surface area contributed by atoms with Gasteiger partial charge in [-0.3, -0.25) is 14.4 Å². The Balaban J connectivity index is 1.65. The van der Waals surface area contributed by atoms with Crippen LogP contribution < -0.4 is 15.2 Å². The molecule has 1 atom stereocenters. The van der Waals surface area contributed by atoms with Crippen LogP contribution in [0, 0.1) is 23.5 Å². The highest BCUT2D eigenvalue weighted by Gasteiger charge is 2.45. The van der Waals surface area contributed by atoms with Crippen LogP contribution in [0.1, 0.15) is 30.0 Å². The van der Waals surface area contributed by atoms with Crippen molar-refractivity contribution in [3.8, 4) is 5.75 Å². The fourth-order valence-electron chi connectivity index (χ4n) is 5.08. The third-order valence-electron chi connectivity index (χ3n) is 7.01. The molecule has 2 aromatic rings. The lowest BCUT2D eigenvalue weighted by molar-refractivity contribution is -0.154. The Kier molecular flexibility index (Phi) is 6.92. The van der Waals surface area contributed by atoms with Crippen molar-refractivity contribution in [2.45, 2.75) is 44.9 Å². The van der Waals surface area contributed by atoms with E-state index >= 15 is 0 Å². The Morgan fingerprint density at radius 3 is 2.25 bits per heavy atom. The summed E-state index contributed by atoms with van der Waals surface area (Å²) in [5.41, 5.74) is 1.41. The van der Waals surface area contributed by atoms with Crippen LogP contribution in [-0.4, -0.2) is 49.5 Å². The first-order chi connectivity index (χ1) is 16.9. The number of benzene rings is 2. The van der Waals surface area contributed by atoms with Gasteiger partial charge in [-0.15, -0.1) is 0 Å². The van der Waals surface area contributed by atoms with Gasteiger partial charge >= 0.3 is 5.97 Å². The molecule has 2 aromatic carbocycles. The molecule has 2 amide bonds. The number of amides is 2. The molecule has 1 aliphatic carbocycles. The Morgan fingerprint density at radius 2 is 1.69 bits per heavy atom. The predicted octanol–water partition coefficient (Wildman–Crippen LogP) is 3.69. The molecule has 36 heavy (non-hydrogen) atoms. The van der Waals surface area contributed by atoms with E-state index < -0.39 is 49.5 Å². The van der Waals surface area contributed by atoms with Crippen LogP contribution in [0.5, 0.6) is 5.75 Å². The molecule has 192 valence electrons. The number of carbonyl (C=O) groups is 3. The third kappa shape index (κ3) is 4.86. The number of fused-ring (bicyclic) bond motifs is 1. The number of ether oxygens (including phenoxy) is 1. The van der Waals surface area contributed by atoms with Crippen molar-refractivity contribution >= 4 is 36.7 Å². The average Bonchev–Trinajstić information content (AvgIpc) is 2.74. The lowest BCUT2D eigenvalue weighted by Gasteiger charge is -2.41. The molecule has 1 heterocycles. The second kappa shape index (κ2) is 9.65. The van der Waals surface area contributed by atoms with Gasteiger partial charge in [0.15, 0.2) is 0 Å². The Hall–Kier alpha value is -3.27. The second-order valence-corrected chi connectivity index (χ2v) is 15.5. The first kappa shape index (κ1) is 25.8. The van der Waals surface area contributed by atoms with E-state index in [2.05, 4.69) is 5.32 Å². The topological polar surface area (TPSA) is 95.9 Å². The maximum absolute atomic E-state index is 14.8. The van der Waals surface area contributed by atoms with E-state index in [-0.39, 0.29) is 36.2 Å². The van der Waals surface area contributed by atoms with Gasteiger partial charge in [0.05, 0.1) is 21.1 Å². The average molecular weight is 517 g/mol. The third-order valence-corrected chi connectivity index (χ3v) is 8.98. The highest BCUT2D eigenvalue weighted by atomic mass is 28.3. The van der Waals surface area contributed by atoms with Crippen molar-refractivity contribution in [1.82, 2.24) is 4.90 Å². The number of nitrogens with zero attached hydrogens (tertiary/aromatic N) is 1. The molecule has 2 N–H and O–H groups in total. The van der Waals surface area contributed by atoms with E-state index in [1.54, 1.807) is 12.1 Å². The fourth-order valence-corrected chi connectivity index (χ4v) is 6.66. The Labute approximate surface area is 209 Å². The van der Waals surface area contributed by atoms with Crippen LogP contribution >= 0.6 is 0 Å². The van der Waals surface area contributed by atoms with Gasteiger partial charge < -0.3 is 20.1 Å². The summed E-state index contributed by atoms with van der Waals surface area (Å²) in [4.78, 5) is 39.5. The smallest absolute Gasteiger partial charge is 0.306 e. The minimum atomic E-state index is -2.29. The van der Waals surface area contributed by atoms with Gasteiger partial charge in [0, 0.05) is 23.3 Å². The minimum absolute atomic E-state index is 0.0281. The zero-order valence-corrected chi connectivity index (χ0v) is 21.7. The van der Waals surface area contributed by atoms with Gasteiger partial charge in [-0.2, -0.15) is 0 Å². The first-order valence-corrected chi connectivity index (χ1v) is 15.4. The van der Waals surface area contributed by atoms with Gasteiger partial charge in [-0.1, -0.05) is 25.7 Å². The number of carbonyl (C=O) groups excluding carboxylic acids is 2. The lowest BCUT2D eigenvalue weighted by atomic mass is 9.73. The van der Waals surface area contributed by atoms with Gasteiger partial charge in [-0.25, -0.2) is 8.78 Å². The molecule has 0 spiro atoms. The number of halogens is 2. The molecule has 0 saturated heterocycles. The zero-order valence-electron chi connectivity index (χ0n) is 20.7. The molecule has 10 heteroatoms. The van der Waals surface area contributed by atoms with Crippen molar-refractivity contribution in [3.63, 3.8) is 0 Å². The van der Waals surface area contributed by atoms with E-state index in [1.807, 2.05) is 25.7 Å². The lowest BCUT2D eigenvalue weighted by Crippen LogP contribution is -2.50. The maximum atomic E-state index is 14.8. The molecule has 1 aliphatic heterocycles. The number of nitrogens with one attached hydrogen (secondary N) is 1. The summed E-state index contributed by atoms with van der Waals surface area (Å²) in [6.07, 6.45) is 0.942. The number of anilines is 1. The van der Waals surface area contributed by atoms with Gasteiger partial charge in [0.1, 0.15) is 23.4 Å². The van der Waals surface area contributed by atoms with Crippen LogP contribution in [0.3, 0.4) is 0 Å². The molecular weight excluding hydrogens is 486 g/mol. The van der Waals surface area contributed by atoms with Gasteiger partial charge in [0.2, 0.25) is 5.91 Å². The van der Waals surface area contributed by atoms with E-state index in [0.29, 0.717) is 17.7 Å². The van der Waals surface area contributed by atoms with E-state index in [0.717, 1.165) is 17.7 Å². The van der Waals surface area contributed by atoms with Crippen molar-refractivity contribution in [2.75, 3.05) is 19.0 Å². The zero-order chi connectivity index (χ0) is 26.4. The minimum Gasteiger partial charge on any atom is -0.497 e. The van der Waals surface area contributed by atoms with Gasteiger partial charge in [0.25, 0.3) is 5.91 Å². The number of aliphatic carboxylic acids is 1. The largest absolute Gasteiger partial charge is 0.497 e. The molecule has 7 nitrogen and oxygen atoms in total. The molecule has 0 bridgehead atoms. The molecule has 1 saturated carbocycles. The first-order valence-electron chi connectivity index (χ1n) is 11.9. The number of methoxy groups -OCH3 is 1. The molecule has 4 rings (SSSR count). The molecule has 1 unspecified atom stereocenters. The van der Waals surface area contributed by atoms with Gasteiger partial charge in [-0.05, 0) is 54.7 Å². The van der Waals surface area contributed by atoms with Crippen molar-refractivity contribution in [2.24, 2.45) is 11.8 Å². The maximum Gasteiger partial charge on any atom is 0.306 e. The SMILES string of the molecule is COc1ccc2c(c1)CCN(C(=O)[C@H]1C[C@@H](C(=O)O)C1)C2C(=O)Nc1cc(F)c([Si](C)(C)C)c(F)c1. The quantitative estimate of drug-likeness (QED) is 0.571. The highest BCUT2D eigenvalue weighted by molar-refractivity contribution is 6.88. The summed E-state index contributed by atoms with van der Waals surface area (Å²) >= 11 is 0. The molecular formula is C26H30F2N2O5Si. The highest BCUT2D eigenvalue weighted by Crippen LogP contribution is 2.40. The second-order valence-electron chi connectivity index (χ2n) is 10.5. The van der Waals surface area contributed by atoms with E-state index in [1.165, 1.54) is 12.0 Å². The number of hydrogen-bond acceptors (Lipinski definition) is 4. The Morgan fingerprint density at radius 1 is 1.06 bits per heavy atom. The fraction of sp³-hybridized carbons (Fsp3) is 0.423. The molecule has 0 aromatic heterocycles. The van der Waals surface area contributed by atoms with E-state index in [4.69, 9.17) is 4.74 Å². The summed E-state index contributed by atoms with van der Waals surface area (Å²) in [7, 11) is -0.759. The summed E-state index contributed by atoms with van der Waals surface area (Å²) < 4.78 is 34.9. The van der Waals surface area contributed by atoms with Crippen LogP contribution in [0.2, 0.25) is 19.6 Å². The standard InChI is InChI=1S/C26H30F2N2O5Si/c1-35-18-5-6-19-14(11-18)7-8-30(25(32)15-9-16(10-15)26(33)34)22(19)24(31)29-17-12-20(27)23(21(28)13-17)36(2,3)4/h5-6,11-13,15-16,22H,7-10H2,1-4H3,(H,29,31)(H,33,34)/t15-,16+,22?. The van der Waals surface area contributed by atoms with Crippen LogP contribution in [0.25, 0.3) is 0 Å². The normalized spacial score (nSPS) is 21.3. The Bertz CT molecular complexity index is 1200. The summed E-state index contributed by atoms with van der Waals surface area (Å²) in [5, 5.41) is 11.8. The van der Waals surface area contributed by atoms with Crippen LogP contribution in [0.4, 0.5) is 14.5 Å². The number of rotatable bonds is 6. The summed E-state index contributed by atoms with van der Waals surface area (Å²) in [6.45, 7) is 5.75. The molecule has 1 fully saturated rings. The van der Waals surface area contributed by atoms with Crippen molar-refractivity contribution < 1.29 is 33.0 Å². The van der Waals surface area contributed by atoms with Crippen molar-refractivity contribution in [1.29, 1.82) is 0 Å². The molecule has 2 aliphatic rings.